The second-order valence-electron chi connectivity index (χ2n) is 10.0. The van der Waals surface area contributed by atoms with Crippen LogP contribution in [0.3, 0.4) is 0 Å². The first-order valence-corrected chi connectivity index (χ1v) is 11.2. The van der Waals surface area contributed by atoms with E-state index in [-0.39, 0.29) is 12.1 Å². The third kappa shape index (κ3) is 3.88. The van der Waals surface area contributed by atoms with Crippen molar-refractivity contribution < 1.29 is 4.39 Å². The first-order valence-electron chi connectivity index (χ1n) is 11.2. The second kappa shape index (κ2) is 7.97. The van der Waals surface area contributed by atoms with Crippen molar-refractivity contribution in [3.63, 3.8) is 0 Å². The van der Waals surface area contributed by atoms with Crippen molar-refractivity contribution >= 4 is 5.69 Å². The molecular formula is C26H36FN3. The van der Waals surface area contributed by atoms with Gasteiger partial charge >= 0.3 is 0 Å². The summed E-state index contributed by atoms with van der Waals surface area (Å²) in [5.41, 5.74) is 8.42. The maximum Gasteiger partial charge on any atom is 0.115 e. The number of benzene rings is 2. The van der Waals surface area contributed by atoms with E-state index in [0.717, 1.165) is 31.6 Å². The topological polar surface area (TPSA) is 18.5 Å². The summed E-state index contributed by atoms with van der Waals surface area (Å²) in [4.78, 5) is 4.85. The molecule has 0 radical (unpaired) electrons. The molecule has 162 valence electrons. The highest BCUT2D eigenvalue weighted by Crippen LogP contribution is 2.53. The number of nitrogens with zero attached hydrogens (tertiary/aromatic N) is 2. The Balaban J connectivity index is 0.000000145. The number of fused-ring (bicyclic) bond motifs is 3. The molecule has 30 heavy (non-hydrogen) atoms. The third-order valence-electron chi connectivity index (χ3n) is 7.22. The van der Waals surface area contributed by atoms with E-state index in [2.05, 4.69) is 73.4 Å². The van der Waals surface area contributed by atoms with Crippen molar-refractivity contribution in [3.05, 3.63) is 64.2 Å². The summed E-state index contributed by atoms with van der Waals surface area (Å²) >= 11 is 0. The molecule has 4 heteroatoms. The molecule has 0 bridgehead atoms. The van der Waals surface area contributed by atoms with E-state index in [1.807, 2.05) is 13.1 Å². The fraction of sp³-hybridized carbons (Fsp3) is 0.538. The van der Waals surface area contributed by atoms with Crippen molar-refractivity contribution in [2.24, 2.45) is 0 Å². The quantitative estimate of drug-likeness (QED) is 0.746. The molecule has 2 aliphatic heterocycles. The molecule has 1 spiro atoms. The molecule has 2 aromatic rings. The lowest BCUT2D eigenvalue weighted by Crippen LogP contribution is -2.39. The summed E-state index contributed by atoms with van der Waals surface area (Å²) in [5.74, 6) is 0. The van der Waals surface area contributed by atoms with E-state index in [1.165, 1.54) is 40.8 Å². The van der Waals surface area contributed by atoms with Crippen molar-refractivity contribution in [1.29, 1.82) is 0 Å². The van der Waals surface area contributed by atoms with Crippen LogP contribution in [0.4, 0.5) is 10.1 Å². The molecule has 0 unspecified atom stereocenters. The highest BCUT2D eigenvalue weighted by atomic mass is 19.1. The van der Waals surface area contributed by atoms with E-state index in [9.17, 15) is 4.39 Å². The van der Waals surface area contributed by atoms with Crippen LogP contribution in [0.1, 0.15) is 54.5 Å². The van der Waals surface area contributed by atoms with E-state index < -0.39 is 0 Å². The second-order valence-corrected chi connectivity index (χ2v) is 10.0. The predicted molar refractivity (Wildman–Crippen MR) is 124 cm³/mol. The minimum Gasteiger partial charge on any atom is -0.388 e. The SMILES string of the molecule is CN1CCc2cc(CF)ccc2C12CC2.CNc1ccc2c(c1)CN(C)CC2(C)C. The van der Waals surface area contributed by atoms with Crippen LogP contribution in [0.5, 0.6) is 0 Å². The number of anilines is 1. The van der Waals surface area contributed by atoms with E-state index in [0.29, 0.717) is 5.54 Å². The van der Waals surface area contributed by atoms with Crippen LogP contribution in [-0.2, 0) is 30.6 Å². The molecule has 2 heterocycles. The number of nitrogens with one attached hydrogen (secondary N) is 1. The zero-order valence-corrected chi connectivity index (χ0v) is 19.2. The van der Waals surface area contributed by atoms with Crippen LogP contribution in [0, 0.1) is 0 Å². The van der Waals surface area contributed by atoms with Gasteiger partial charge in [0.05, 0.1) is 0 Å². The Kier molecular flexibility index (Phi) is 5.67. The number of hydrogen-bond acceptors (Lipinski definition) is 3. The van der Waals surface area contributed by atoms with Gasteiger partial charge in [0.1, 0.15) is 6.67 Å². The molecule has 2 aromatic carbocycles. The normalized spacial score (nSPS) is 21.3. The minimum atomic E-state index is -0.337. The lowest BCUT2D eigenvalue weighted by atomic mass is 9.78. The number of alkyl halides is 1. The van der Waals surface area contributed by atoms with E-state index >= 15 is 0 Å². The zero-order valence-electron chi connectivity index (χ0n) is 19.2. The maximum atomic E-state index is 12.6. The van der Waals surface area contributed by atoms with Crippen LogP contribution < -0.4 is 5.32 Å². The first-order chi connectivity index (χ1) is 14.3. The van der Waals surface area contributed by atoms with E-state index in [1.54, 1.807) is 0 Å². The first kappa shape index (κ1) is 21.3. The van der Waals surface area contributed by atoms with Crippen molar-refractivity contribution in [1.82, 2.24) is 9.80 Å². The van der Waals surface area contributed by atoms with Gasteiger partial charge in [-0.15, -0.1) is 0 Å². The van der Waals surface area contributed by atoms with Gasteiger partial charge in [0.2, 0.25) is 0 Å². The zero-order chi connectivity index (χ0) is 21.5. The summed E-state index contributed by atoms with van der Waals surface area (Å²) in [6.45, 7) is 7.62. The highest BCUT2D eigenvalue weighted by Gasteiger charge is 2.50. The molecule has 0 amide bonds. The molecule has 1 N–H and O–H groups in total. The maximum absolute atomic E-state index is 12.6. The highest BCUT2D eigenvalue weighted by molar-refractivity contribution is 5.51. The number of halogens is 1. The third-order valence-corrected chi connectivity index (χ3v) is 7.22. The number of likely N-dealkylation sites (N-methyl/N-ethyl adjacent to an activating group) is 2. The fourth-order valence-corrected chi connectivity index (χ4v) is 5.52. The molecule has 0 saturated heterocycles. The molecule has 3 aliphatic rings. The summed E-state index contributed by atoms with van der Waals surface area (Å²) < 4.78 is 12.6. The van der Waals surface area contributed by atoms with Gasteiger partial charge in [-0.05, 0) is 73.3 Å². The molecule has 5 rings (SSSR count). The molecule has 3 nitrogen and oxygen atoms in total. The summed E-state index contributed by atoms with van der Waals surface area (Å²) in [5, 5.41) is 3.20. The Bertz CT molecular complexity index is 916. The van der Waals surface area contributed by atoms with Crippen LogP contribution >= 0.6 is 0 Å². The average molecular weight is 410 g/mol. The van der Waals surface area contributed by atoms with Crippen LogP contribution in [-0.4, -0.2) is 44.0 Å². The average Bonchev–Trinajstić information content (AvgIpc) is 3.51. The Morgan fingerprint density at radius 3 is 2.40 bits per heavy atom. The van der Waals surface area contributed by atoms with Gasteiger partial charge in [-0.1, -0.05) is 38.1 Å². The molecular weight excluding hydrogens is 373 g/mol. The lowest BCUT2D eigenvalue weighted by Gasteiger charge is -2.38. The van der Waals surface area contributed by atoms with Crippen LogP contribution in [0.2, 0.25) is 0 Å². The van der Waals surface area contributed by atoms with Gasteiger partial charge in [0, 0.05) is 43.3 Å². The Morgan fingerprint density at radius 1 is 1.00 bits per heavy atom. The fourth-order valence-electron chi connectivity index (χ4n) is 5.52. The summed E-state index contributed by atoms with van der Waals surface area (Å²) in [7, 11) is 6.37. The van der Waals surface area contributed by atoms with Gasteiger partial charge in [0.15, 0.2) is 0 Å². The van der Waals surface area contributed by atoms with Crippen molar-refractivity contribution in [2.45, 2.75) is 57.3 Å². The van der Waals surface area contributed by atoms with Gasteiger partial charge in [-0.2, -0.15) is 0 Å². The van der Waals surface area contributed by atoms with Gasteiger partial charge in [-0.25, -0.2) is 4.39 Å². The van der Waals surface area contributed by atoms with Gasteiger partial charge in [-0.3, -0.25) is 4.90 Å². The number of hydrogen-bond donors (Lipinski definition) is 1. The van der Waals surface area contributed by atoms with E-state index in [4.69, 9.17) is 0 Å². The van der Waals surface area contributed by atoms with Crippen LogP contribution in [0.15, 0.2) is 36.4 Å². The summed E-state index contributed by atoms with van der Waals surface area (Å²) in [6, 6.07) is 12.9. The standard InChI is InChI=1S/C13H16FN.C13H20N2/c1-15-7-4-11-8-10(9-14)2-3-12(11)13(15)5-6-13;1-13(2)9-15(4)8-10-7-11(14-3)5-6-12(10)13/h2-3,8H,4-7,9H2,1H3;5-7,14H,8-9H2,1-4H3. The number of rotatable bonds is 2. The van der Waals surface area contributed by atoms with Crippen LogP contribution in [0.25, 0.3) is 0 Å². The molecule has 1 saturated carbocycles. The van der Waals surface area contributed by atoms with Crippen molar-refractivity contribution in [2.75, 3.05) is 39.5 Å². The van der Waals surface area contributed by atoms with Gasteiger partial charge in [0.25, 0.3) is 0 Å². The monoisotopic (exact) mass is 409 g/mol. The Hall–Kier alpha value is -1.91. The molecule has 0 atom stereocenters. The smallest absolute Gasteiger partial charge is 0.115 e. The molecule has 0 aromatic heterocycles. The lowest BCUT2D eigenvalue weighted by molar-refractivity contribution is 0.208. The predicted octanol–water partition coefficient (Wildman–Crippen LogP) is 5.08. The largest absolute Gasteiger partial charge is 0.388 e. The Labute approximate surface area is 181 Å². The minimum absolute atomic E-state index is 0.272. The van der Waals surface area contributed by atoms with Crippen molar-refractivity contribution in [3.8, 4) is 0 Å². The summed E-state index contributed by atoms with van der Waals surface area (Å²) in [6.07, 6.45) is 3.61. The molecule has 1 aliphatic carbocycles. The Morgan fingerprint density at radius 2 is 1.73 bits per heavy atom. The van der Waals surface area contributed by atoms with Gasteiger partial charge < -0.3 is 10.2 Å². The molecule has 1 fully saturated rings.